The van der Waals surface area contributed by atoms with Crippen molar-refractivity contribution in [3.63, 3.8) is 0 Å². The molecule has 1 aromatic carbocycles. The molecule has 0 bridgehead atoms. The average Bonchev–Trinajstić information content (AvgIpc) is 2.46. The summed E-state index contributed by atoms with van der Waals surface area (Å²) in [6, 6.07) is 6.40. The van der Waals surface area contributed by atoms with Gasteiger partial charge in [-0.15, -0.1) is 0 Å². The van der Waals surface area contributed by atoms with Crippen LogP contribution < -0.4 is 10.6 Å². The van der Waals surface area contributed by atoms with Crippen LogP contribution in [0.25, 0.3) is 5.70 Å². The number of likely N-dealkylation sites (N-methyl/N-ethyl adjacent to an activating group) is 1. The minimum absolute atomic E-state index is 0.0187. The third-order valence-corrected chi connectivity index (χ3v) is 4.07. The molecule has 1 saturated heterocycles. The summed E-state index contributed by atoms with van der Waals surface area (Å²) in [5.74, 6) is 0. The molecule has 0 aliphatic carbocycles. The minimum Gasteiger partial charge on any atom is -0.359 e. The van der Waals surface area contributed by atoms with Gasteiger partial charge in [0.15, 0.2) is 0 Å². The average molecular weight is 285 g/mol. The largest absolute Gasteiger partial charge is 0.359 e. The molecular weight excluding hydrogens is 262 g/mol. The molecular formula is C17H23N3O. The zero-order valence-electron chi connectivity index (χ0n) is 12.6. The van der Waals surface area contributed by atoms with Crippen molar-refractivity contribution >= 4 is 11.4 Å². The van der Waals surface area contributed by atoms with Crippen molar-refractivity contribution in [2.24, 2.45) is 0 Å². The molecule has 4 nitrogen and oxygen atoms in total. The number of aryl methyl sites for hydroxylation is 1. The molecule has 2 N–H and O–H groups in total. The molecule has 21 heavy (non-hydrogen) atoms. The lowest BCUT2D eigenvalue weighted by atomic mass is 9.98. The first-order valence-electron chi connectivity index (χ1n) is 7.45. The predicted octanol–water partition coefficient (Wildman–Crippen LogP) is 2.41. The van der Waals surface area contributed by atoms with E-state index in [0.717, 1.165) is 55.2 Å². The van der Waals surface area contributed by atoms with Gasteiger partial charge in [-0.05, 0) is 43.1 Å². The van der Waals surface area contributed by atoms with Crippen molar-refractivity contribution in [2.45, 2.75) is 19.1 Å². The Hall–Kier alpha value is -1.78. The maximum absolute atomic E-state index is 5.73. The predicted molar refractivity (Wildman–Crippen MR) is 86.9 cm³/mol. The number of nitrogens with zero attached hydrogens (tertiary/aromatic N) is 1. The number of anilines is 1. The van der Waals surface area contributed by atoms with E-state index in [1.54, 1.807) is 0 Å². The van der Waals surface area contributed by atoms with Crippen LogP contribution in [-0.2, 0) is 11.2 Å². The van der Waals surface area contributed by atoms with Crippen molar-refractivity contribution in [1.29, 1.82) is 0 Å². The normalized spacial score (nSPS) is 22.3. The van der Waals surface area contributed by atoms with Gasteiger partial charge < -0.3 is 15.4 Å². The van der Waals surface area contributed by atoms with Crippen LogP contribution in [0.3, 0.4) is 0 Å². The monoisotopic (exact) mass is 285 g/mol. The Balaban J connectivity index is 1.69. The topological polar surface area (TPSA) is 36.5 Å². The Bertz CT molecular complexity index is 567. The molecule has 3 rings (SSSR count). The lowest BCUT2D eigenvalue weighted by Crippen LogP contribution is -2.46. The highest BCUT2D eigenvalue weighted by Crippen LogP contribution is 2.28. The number of hydrogen-bond donors (Lipinski definition) is 2. The fourth-order valence-corrected chi connectivity index (χ4v) is 2.79. The summed E-state index contributed by atoms with van der Waals surface area (Å²) in [6.07, 6.45) is 2.04. The fourth-order valence-electron chi connectivity index (χ4n) is 2.79. The molecule has 1 unspecified atom stereocenters. The quantitative estimate of drug-likeness (QED) is 0.894. The molecule has 0 spiro atoms. The second kappa shape index (κ2) is 5.92. The van der Waals surface area contributed by atoms with Gasteiger partial charge in [0.2, 0.25) is 0 Å². The van der Waals surface area contributed by atoms with Crippen LogP contribution in [0.15, 0.2) is 37.1 Å². The van der Waals surface area contributed by atoms with Crippen LogP contribution >= 0.6 is 0 Å². The van der Waals surface area contributed by atoms with E-state index < -0.39 is 0 Å². The highest BCUT2D eigenvalue weighted by molar-refractivity contribution is 5.68. The number of rotatable bonds is 3. The van der Waals surface area contributed by atoms with Crippen molar-refractivity contribution in [2.75, 3.05) is 32.1 Å². The molecule has 2 aliphatic heterocycles. The number of hydrogen-bond acceptors (Lipinski definition) is 4. The van der Waals surface area contributed by atoms with Crippen molar-refractivity contribution in [1.82, 2.24) is 10.2 Å². The van der Waals surface area contributed by atoms with Crippen LogP contribution in [0.4, 0.5) is 5.69 Å². The summed E-state index contributed by atoms with van der Waals surface area (Å²) in [6.45, 7) is 10.8. The third-order valence-electron chi connectivity index (χ3n) is 4.07. The zero-order valence-corrected chi connectivity index (χ0v) is 12.6. The summed E-state index contributed by atoms with van der Waals surface area (Å²) in [4.78, 5) is 2.26. The van der Waals surface area contributed by atoms with Gasteiger partial charge in [0.05, 0.1) is 6.61 Å². The lowest BCUT2D eigenvalue weighted by Gasteiger charge is -2.31. The number of ether oxygens (including phenoxy) is 1. The standard InChI is InChI=1S/C17H23N3O/c1-12-4-5-15-10-14(6-7-16(15)18-12)13(2)19-17-11-20(3)8-9-21-17/h6-7,10,17-19H,1-2,4-5,8-9,11H2,3H3. The molecule has 112 valence electrons. The molecule has 4 heteroatoms. The third kappa shape index (κ3) is 3.28. The van der Waals surface area contributed by atoms with Crippen LogP contribution in [0.1, 0.15) is 17.5 Å². The van der Waals surface area contributed by atoms with Crippen molar-refractivity contribution < 1.29 is 4.74 Å². The van der Waals surface area contributed by atoms with Crippen LogP contribution in [0.5, 0.6) is 0 Å². The van der Waals surface area contributed by atoms with Crippen molar-refractivity contribution in [3.8, 4) is 0 Å². The van der Waals surface area contributed by atoms with Gasteiger partial charge >= 0.3 is 0 Å². The van der Waals surface area contributed by atoms with Crippen LogP contribution in [0.2, 0.25) is 0 Å². The molecule has 1 fully saturated rings. The van der Waals surface area contributed by atoms with Gasteiger partial charge in [0.1, 0.15) is 6.23 Å². The van der Waals surface area contributed by atoms with Crippen LogP contribution in [0, 0.1) is 0 Å². The number of nitrogens with one attached hydrogen (secondary N) is 2. The lowest BCUT2D eigenvalue weighted by molar-refractivity contribution is -0.0284. The first-order chi connectivity index (χ1) is 10.1. The summed E-state index contributed by atoms with van der Waals surface area (Å²) < 4.78 is 5.73. The minimum atomic E-state index is 0.0187. The molecule has 2 heterocycles. The summed E-state index contributed by atoms with van der Waals surface area (Å²) in [5.41, 5.74) is 5.62. The Morgan fingerprint density at radius 1 is 1.43 bits per heavy atom. The van der Waals surface area contributed by atoms with Gasteiger partial charge in [0.25, 0.3) is 0 Å². The van der Waals surface area contributed by atoms with E-state index in [0.29, 0.717) is 0 Å². The van der Waals surface area contributed by atoms with E-state index in [4.69, 9.17) is 4.74 Å². The Kier molecular flexibility index (Phi) is 3.99. The molecule has 0 aromatic heterocycles. The van der Waals surface area contributed by atoms with E-state index >= 15 is 0 Å². The van der Waals surface area contributed by atoms with Gasteiger partial charge in [0, 0.05) is 30.2 Å². The van der Waals surface area contributed by atoms with Gasteiger partial charge in [-0.25, -0.2) is 0 Å². The van der Waals surface area contributed by atoms with E-state index in [2.05, 4.69) is 53.9 Å². The highest BCUT2D eigenvalue weighted by Gasteiger charge is 2.18. The van der Waals surface area contributed by atoms with Crippen LogP contribution in [-0.4, -0.2) is 37.9 Å². The second-order valence-electron chi connectivity index (χ2n) is 5.85. The maximum atomic E-state index is 5.73. The number of morpholine rings is 1. The van der Waals surface area contributed by atoms with E-state index in [-0.39, 0.29) is 6.23 Å². The second-order valence-corrected chi connectivity index (χ2v) is 5.85. The molecule has 2 aliphatic rings. The maximum Gasteiger partial charge on any atom is 0.140 e. The van der Waals surface area contributed by atoms with Gasteiger partial charge in [-0.3, -0.25) is 4.90 Å². The van der Waals surface area contributed by atoms with E-state index in [9.17, 15) is 0 Å². The Labute approximate surface area is 126 Å². The summed E-state index contributed by atoms with van der Waals surface area (Å²) >= 11 is 0. The molecule has 0 saturated carbocycles. The summed E-state index contributed by atoms with van der Waals surface area (Å²) in [5, 5.41) is 6.72. The highest BCUT2D eigenvalue weighted by atomic mass is 16.5. The first-order valence-corrected chi connectivity index (χ1v) is 7.45. The molecule has 1 atom stereocenters. The molecule has 0 radical (unpaired) electrons. The van der Waals surface area contributed by atoms with E-state index in [1.165, 1.54) is 5.56 Å². The Morgan fingerprint density at radius 2 is 2.29 bits per heavy atom. The number of benzene rings is 1. The SMILES string of the molecule is C=C1CCc2cc(C(=C)NC3CN(C)CCO3)ccc2N1. The number of fused-ring (bicyclic) bond motifs is 1. The number of allylic oxidation sites excluding steroid dienone is 1. The van der Waals surface area contributed by atoms with Crippen molar-refractivity contribution in [3.05, 3.63) is 48.2 Å². The van der Waals surface area contributed by atoms with Gasteiger partial charge in [-0.1, -0.05) is 19.2 Å². The Morgan fingerprint density at radius 3 is 3.10 bits per heavy atom. The molecule has 0 amide bonds. The van der Waals surface area contributed by atoms with E-state index in [1.807, 2.05) is 0 Å². The first kappa shape index (κ1) is 14.2. The zero-order chi connectivity index (χ0) is 14.8. The molecule has 1 aromatic rings. The summed E-state index contributed by atoms with van der Waals surface area (Å²) in [7, 11) is 2.11. The fraction of sp³-hybridized carbons (Fsp3) is 0.412. The smallest absolute Gasteiger partial charge is 0.140 e. The van der Waals surface area contributed by atoms with Gasteiger partial charge in [-0.2, -0.15) is 0 Å².